The van der Waals surface area contributed by atoms with Gasteiger partial charge >= 0.3 is 0 Å². The molecule has 174 valence electrons. The first-order chi connectivity index (χ1) is 15.1. The smallest absolute Gasteiger partial charge is 0.253 e. The van der Waals surface area contributed by atoms with Gasteiger partial charge in [0.25, 0.3) is 5.91 Å². The normalized spacial score (nSPS) is 15.6. The number of carbonyl (C=O) groups is 1. The predicted octanol–water partition coefficient (Wildman–Crippen LogP) is 2.02. The highest BCUT2D eigenvalue weighted by molar-refractivity contribution is 7.89. The van der Waals surface area contributed by atoms with Crippen molar-refractivity contribution < 1.29 is 21.6 Å². The van der Waals surface area contributed by atoms with E-state index in [2.05, 4.69) is 9.44 Å². The summed E-state index contributed by atoms with van der Waals surface area (Å²) in [5.41, 5.74) is 1.68. The molecule has 0 unspecified atom stereocenters. The van der Waals surface area contributed by atoms with Gasteiger partial charge in [-0.2, -0.15) is 0 Å². The van der Waals surface area contributed by atoms with Crippen LogP contribution in [0.15, 0.2) is 53.4 Å². The van der Waals surface area contributed by atoms with E-state index in [-0.39, 0.29) is 29.1 Å². The van der Waals surface area contributed by atoms with Crippen LogP contribution in [0, 0.1) is 6.92 Å². The number of rotatable bonds is 8. The quantitative estimate of drug-likeness (QED) is 0.602. The minimum atomic E-state index is -3.81. The van der Waals surface area contributed by atoms with E-state index in [9.17, 15) is 21.6 Å². The highest BCUT2D eigenvalue weighted by atomic mass is 32.2. The fourth-order valence-electron chi connectivity index (χ4n) is 3.59. The maximum absolute atomic E-state index is 13.0. The topological polar surface area (TPSA) is 113 Å². The molecule has 1 saturated heterocycles. The van der Waals surface area contributed by atoms with Gasteiger partial charge in [-0.3, -0.25) is 4.79 Å². The number of piperidine rings is 1. The number of aryl methyl sites for hydroxylation is 1. The molecule has 0 saturated carbocycles. The third-order valence-corrected chi connectivity index (χ3v) is 8.54. The van der Waals surface area contributed by atoms with Gasteiger partial charge in [-0.1, -0.05) is 36.4 Å². The molecule has 2 aromatic carbocycles. The van der Waals surface area contributed by atoms with Gasteiger partial charge < -0.3 is 4.90 Å². The Morgan fingerprint density at radius 2 is 1.69 bits per heavy atom. The van der Waals surface area contributed by atoms with E-state index in [0.29, 0.717) is 37.1 Å². The summed E-state index contributed by atoms with van der Waals surface area (Å²) in [5.74, 6) is -0.244. The fraction of sp³-hybridized carbons (Fsp3) is 0.409. The van der Waals surface area contributed by atoms with Crippen LogP contribution < -0.4 is 9.44 Å². The highest BCUT2D eigenvalue weighted by Gasteiger charge is 2.27. The second-order valence-corrected chi connectivity index (χ2v) is 11.7. The Morgan fingerprint density at radius 1 is 1.03 bits per heavy atom. The maximum Gasteiger partial charge on any atom is 0.253 e. The average Bonchev–Trinajstić information content (AvgIpc) is 2.78. The van der Waals surface area contributed by atoms with Gasteiger partial charge in [0.05, 0.1) is 10.6 Å². The summed E-state index contributed by atoms with van der Waals surface area (Å²) in [4.78, 5) is 14.7. The zero-order valence-corrected chi connectivity index (χ0v) is 19.9. The van der Waals surface area contributed by atoms with Crippen molar-refractivity contribution in [1.29, 1.82) is 0 Å². The van der Waals surface area contributed by atoms with Crippen molar-refractivity contribution in [1.82, 2.24) is 14.3 Å². The number of nitrogens with one attached hydrogen (secondary N) is 2. The monoisotopic (exact) mass is 479 g/mol. The molecule has 0 atom stereocenters. The van der Waals surface area contributed by atoms with Crippen LogP contribution in [0.25, 0.3) is 0 Å². The van der Waals surface area contributed by atoms with Gasteiger partial charge in [-0.15, -0.1) is 0 Å². The standard InChI is InChI=1S/C22H29N3O5S2/c1-3-31(27,28)24-20-11-13-25(14-12-20)22(26)19-10-9-17(2)21(15-19)32(29,30)23-16-18-7-5-4-6-8-18/h4-10,15,20,23-24H,3,11-14,16H2,1-2H3. The summed E-state index contributed by atoms with van der Waals surface area (Å²) in [7, 11) is -7.09. The molecule has 0 bridgehead atoms. The summed E-state index contributed by atoms with van der Waals surface area (Å²) in [5, 5.41) is 0. The fourth-order valence-corrected chi connectivity index (χ4v) is 5.79. The molecule has 1 aliphatic heterocycles. The molecule has 10 heteroatoms. The van der Waals surface area contributed by atoms with Crippen LogP contribution >= 0.6 is 0 Å². The summed E-state index contributed by atoms with van der Waals surface area (Å²) < 4.78 is 54.5. The Balaban J connectivity index is 1.69. The van der Waals surface area contributed by atoms with Crippen molar-refractivity contribution in [2.45, 2.75) is 44.2 Å². The molecular formula is C22H29N3O5S2. The van der Waals surface area contributed by atoms with E-state index in [1.54, 1.807) is 30.9 Å². The molecule has 1 fully saturated rings. The molecular weight excluding hydrogens is 450 g/mol. The van der Waals surface area contributed by atoms with Crippen molar-refractivity contribution >= 4 is 26.0 Å². The van der Waals surface area contributed by atoms with Gasteiger partial charge in [-0.05, 0) is 49.9 Å². The van der Waals surface area contributed by atoms with Crippen LogP contribution in [0.3, 0.4) is 0 Å². The van der Waals surface area contributed by atoms with E-state index in [1.165, 1.54) is 6.07 Å². The molecule has 0 radical (unpaired) electrons. The highest BCUT2D eigenvalue weighted by Crippen LogP contribution is 2.21. The molecule has 2 N–H and O–H groups in total. The minimum Gasteiger partial charge on any atom is -0.339 e. The maximum atomic E-state index is 13.0. The molecule has 0 spiro atoms. The molecule has 0 aromatic heterocycles. The number of hydrogen-bond donors (Lipinski definition) is 2. The number of carbonyl (C=O) groups excluding carboxylic acids is 1. The molecule has 1 amide bonds. The lowest BCUT2D eigenvalue weighted by atomic mass is 10.0. The Kier molecular flexibility index (Phi) is 7.71. The zero-order chi connectivity index (χ0) is 23.4. The summed E-state index contributed by atoms with van der Waals surface area (Å²) >= 11 is 0. The first kappa shape index (κ1) is 24.4. The van der Waals surface area contributed by atoms with E-state index < -0.39 is 20.0 Å². The number of benzene rings is 2. The van der Waals surface area contributed by atoms with Crippen LogP contribution in [0.2, 0.25) is 0 Å². The lowest BCUT2D eigenvalue weighted by Gasteiger charge is -2.32. The predicted molar refractivity (Wildman–Crippen MR) is 123 cm³/mol. The molecule has 2 aromatic rings. The SMILES string of the molecule is CCS(=O)(=O)NC1CCN(C(=O)c2ccc(C)c(S(=O)(=O)NCc3ccccc3)c2)CC1. The molecule has 1 heterocycles. The second kappa shape index (κ2) is 10.1. The number of nitrogens with zero attached hydrogens (tertiary/aromatic N) is 1. The van der Waals surface area contributed by atoms with E-state index in [4.69, 9.17) is 0 Å². The van der Waals surface area contributed by atoms with Crippen LogP contribution in [0.1, 0.15) is 41.3 Å². The van der Waals surface area contributed by atoms with E-state index >= 15 is 0 Å². The van der Waals surface area contributed by atoms with Gasteiger partial charge in [0.2, 0.25) is 20.0 Å². The van der Waals surface area contributed by atoms with Gasteiger partial charge in [-0.25, -0.2) is 26.3 Å². The first-order valence-electron chi connectivity index (χ1n) is 10.5. The Hall–Kier alpha value is -2.27. The molecule has 8 nitrogen and oxygen atoms in total. The Morgan fingerprint density at radius 3 is 2.31 bits per heavy atom. The Bertz CT molecular complexity index is 1160. The van der Waals surface area contributed by atoms with Crippen molar-refractivity contribution in [2.24, 2.45) is 0 Å². The van der Waals surface area contributed by atoms with Crippen molar-refractivity contribution in [2.75, 3.05) is 18.8 Å². The second-order valence-electron chi connectivity index (χ2n) is 7.88. The lowest BCUT2D eigenvalue weighted by molar-refractivity contribution is 0.0711. The molecule has 32 heavy (non-hydrogen) atoms. The van der Waals surface area contributed by atoms with Gasteiger partial charge in [0.15, 0.2) is 0 Å². The van der Waals surface area contributed by atoms with Gasteiger partial charge in [0, 0.05) is 31.2 Å². The van der Waals surface area contributed by atoms with Crippen LogP contribution in [0.5, 0.6) is 0 Å². The van der Waals surface area contributed by atoms with Crippen molar-refractivity contribution in [3.63, 3.8) is 0 Å². The summed E-state index contributed by atoms with van der Waals surface area (Å²) in [6.45, 7) is 4.23. The number of hydrogen-bond acceptors (Lipinski definition) is 5. The first-order valence-corrected chi connectivity index (χ1v) is 13.7. The van der Waals surface area contributed by atoms with Crippen molar-refractivity contribution in [3.05, 3.63) is 65.2 Å². The van der Waals surface area contributed by atoms with Gasteiger partial charge in [0.1, 0.15) is 0 Å². The molecule has 0 aliphatic carbocycles. The number of sulfonamides is 2. The third-order valence-electron chi connectivity index (χ3n) is 5.54. The van der Waals surface area contributed by atoms with E-state index in [0.717, 1.165) is 5.56 Å². The summed E-state index contributed by atoms with van der Waals surface area (Å²) in [6, 6.07) is 13.7. The van der Waals surface area contributed by atoms with Crippen LogP contribution in [0.4, 0.5) is 0 Å². The zero-order valence-electron chi connectivity index (χ0n) is 18.2. The largest absolute Gasteiger partial charge is 0.339 e. The molecule has 1 aliphatic rings. The lowest BCUT2D eigenvalue weighted by Crippen LogP contribution is -2.46. The number of amides is 1. The van der Waals surface area contributed by atoms with Crippen LogP contribution in [-0.2, 0) is 26.6 Å². The third kappa shape index (κ3) is 6.16. The van der Waals surface area contributed by atoms with E-state index in [1.807, 2.05) is 30.3 Å². The Labute approximate surface area is 190 Å². The average molecular weight is 480 g/mol. The van der Waals surface area contributed by atoms with Crippen LogP contribution in [-0.4, -0.2) is 52.5 Å². The summed E-state index contributed by atoms with van der Waals surface area (Å²) in [6.07, 6.45) is 1.03. The number of likely N-dealkylation sites (tertiary alicyclic amines) is 1. The molecule has 3 rings (SSSR count). The van der Waals surface area contributed by atoms with Crippen molar-refractivity contribution in [3.8, 4) is 0 Å². The minimum absolute atomic E-state index is 0.0189.